The molecule has 1 aromatic rings. The maximum Gasteiger partial charge on any atom is 0.215 e. The number of halogens is 1. The lowest BCUT2D eigenvalue weighted by atomic mass is 10.1. The van der Waals surface area contributed by atoms with Crippen LogP contribution in [0.25, 0.3) is 0 Å². The van der Waals surface area contributed by atoms with Crippen LogP contribution in [0, 0.1) is 5.82 Å². The predicted molar refractivity (Wildman–Crippen MR) is 82.1 cm³/mol. The molecule has 0 amide bonds. The molecule has 0 radical (unpaired) electrons. The first-order chi connectivity index (χ1) is 9.92. The Morgan fingerprint density at radius 2 is 2.24 bits per heavy atom. The maximum atomic E-state index is 13.1. The Hall–Kier alpha value is -0.980. The number of sulfonamides is 1. The van der Waals surface area contributed by atoms with Crippen molar-refractivity contribution in [2.75, 3.05) is 20.1 Å². The highest BCUT2D eigenvalue weighted by Gasteiger charge is 2.33. The molecule has 0 unspecified atom stereocenters. The molecule has 2 rings (SSSR count). The van der Waals surface area contributed by atoms with Gasteiger partial charge in [-0.1, -0.05) is 12.1 Å². The first-order valence-electron chi connectivity index (χ1n) is 7.33. The quantitative estimate of drug-likeness (QED) is 0.870. The summed E-state index contributed by atoms with van der Waals surface area (Å²) in [5.74, 6) is -0.207. The highest BCUT2D eigenvalue weighted by atomic mass is 32.2. The molecule has 1 heterocycles. The van der Waals surface area contributed by atoms with Crippen LogP contribution in [-0.4, -0.2) is 44.7 Å². The molecule has 0 saturated carbocycles. The number of nitrogens with one attached hydrogen (secondary N) is 1. The van der Waals surface area contributed by atoms with E-state index in [1.54, 1.807) is 12.1 Å². The van der Waals surface area contributed by atoms with Crippen molar-refractivity contribution in [1.82, 2.24) is 9.62 Å². The second-order valence-electron chi connectivity index (χ2n) is 5.67. The summed E-state index contributed by atoms with van der Waals surface area (Å²) in [4.78, 5) is 2.21. The molecule has 1 aliphatic heterocycles. The van der Waals surface area contributed by atoms with E-state index in [2.05, 4.69) is 16.5 Å². The zero-order valence-corrected chi connectivity index (χ0v) is 13.4. The van der Waals surface area contributed by atoms with E-state index in [9.17, 15) is 12.8 Å². The molecule has 118 valence electrons. The Kier molecular flexibility index (Phi) is 5.35. The summed E-state index contributed by atoms with van der Waals surface area (Å²) in [7, 11) is -1.71. The molecule has 0 aromatic heterocycles. The Morgan fingerprint density at radius 3 is 2.90 bits per heavy atom. The van der Waals surface area contributed by atoms with Crippen LogP contribution >= 0.6 is 0 Å². The van der Waals surface area contributed by atoms with Gasteiger partial charge in [-0.05, 0) is 57.5 Å². The number of likely N-dealkylation sites (tertiary alicyclic amines) is 1. The average molecular weight is 314 g/mol. The average Bonchev–Trinajstić information content (AvgIpc) is 2.95. The Balaban J connectivity index is 1.86. The number of hydrogen-bond donors (Lipinski definition) is 1. The zero-order valence-electron chi connectivity index (χ0n) is 12.5. The van der Waals surface area contributed by atoms with Crippen molar-refractivity contribution in [2.45, 2.75) is 37.5 Å². The molecule has 1 aromatic carbocycles. The lowest BCUT2D eigenvalue weighted by molar-refractivity contribution is 0.247. The van der Waals surface area contributed by atoms with Gasteiger partial charge < -0.3 is 0 Å². The van der Waals surface area contributed by atoms with Crippen LogP contribution in [0.3, 0.4) is 0 Å². The van der Waals surface area contributed by atoms with Crippen LogP contribution < -0.4 is 4.72 Å². The molecule has 6 heteroatoms. The molecular weight excluding hydrogens is 291 g/mol. The first kappa shape index (κ1) is 16.4. The molecule has 1 aliphatic rings. The normalized spacial score (nSPS) is 21.6. The van der Waals surface area contributed by atoms with Gasteiger partial charge in [0.2, 0.25) is 10.0 Å². The second kappa shape index (κ2) is 6.85. The van der Waals surface area contributed by atoms with Gasteiger partial charge in [0.15, 0.2) is 0 Å². The number of aryl methyl sites for hydroxylation is 1. The topological polar surface area (TPSA) is 49.4 Å². The lowest BCUT2D eigenvalue weighted by Gasteiger charge is -2.24. The standard InChI is InChI=1S/C15H23FN2O2S/c1-12(6-7-13-4-3-5-14(16)10-13)18-9-8-15(11-18)21(19,20)17-2/h3-5,10,12,15,17H,6-9,11H2,1-2H3/t12-,15-/m1/s1. The van der Waals surface area contributed by atoms with E-state index in [-0.39, 0.29) is 11.1 Å². The van der Waals surface area contributed by atoms with Gasteiger partial charge in [0, 0.05) is 12.6 Å². The summed E-state index contributed by atoms with van der Waals surface area (Å²) in [6.45, 7) is 3.48. The maximum absolute atomic E-state index is 13.1. The molecular formula is C15H23FN2O2S. The third kappa shape index (κ3) is 4.25. The summed E-state index contributed by atoms with van der Waals surface area (Å²) in [5.41, 5.74) is 0.987. The fourth-order valence-electron chi connectivity index (χ4n) is 2.82. The van der Waals surface area contributed by atoms with Gasteiger partial charge in [-0.3, -0.25) is 4.90 Å². The molecule has 0 spiro atoms. The van der Waals surface area contributed by atoms with Crippen LogP contribution in [0.5, 0.6) is 0 Å². The number of benzene rings is 1. The molecule has 1 saturated heterocycles. The van der Waals surface area contributed by atoms with Gasteiger partial charge in [0.1, 0.15) is 5.82 Å². The van der Waals surface area contributed by atoms with E-state index in [1.807, 2.05) is 6.07 Å². The first-order valence-corrected chi connectivity index (χ1v) is 8.88. The van der Waals surface area contributed by atoms with Crippen molar-refractivity contribution < 1.29 is 12.8 Å². The van der Waals surface area contributed by atoms with E-state index in [4.69, 9.17) is 0 Å². The summed E-state index contributed by atoms with van der Waals surface area (Å²) >= 11 is 0. The molecule has 2 atom stereocenters. The Bertz CT molecular complexity index is 577. The number of nitrogens with zero attached hydrogens (tertiary/aromatic N) is 1. The summed E-state index contributed by atoms with van der Waals surface area (Å²) < 4.78 is 39.2. The summed E-state index contributed by atoms with van der Waals surface area (Å²) in [6.07, 6.45) is 2.38. The minimum absolute atomic E-state index is 0.207. The Labute approximate surface area is 126 Å². The van der Waals surface area contributed by atoms with Gasteiger partial charge in [0.05, 0.1) is 5.25 Å². The molecule has 21 heavy (non-hydrogen) atoms. The minimum atomic E-state index is -3.18. The van der Waals surface area contributed by atoms with Gasteiger partial charge in [0.25, 0.3) is 0 Å². The van der Waals surface area contributed by atoms with Gasteiger partial charge in [-0.15, -0.1) is 0 Å². The Morgan fingerprint density at radius 1 is 1.48 bits per heavy atom. The van der Waals surface area contributed by atoms with Crippen LogP contribution in [0.1, 0.15) is 25.3 Å². The van der Waals surface area contributed by atoms with E-state index in [1.165, 1.54) is 13.1 Å². The largest absolute Gasteiger partial charge is 0.299 e. The summed E-state index contributed by atoms with van der Waals surface area (Å²) in [6, 6.07) is 6.95. The fourth-order valence-corrected chi connectivity index (χ4v) is 3.96. The third-order valence-electron chi connectivity index (χ3n) is 4.26. The fraction of sp³-hybridized carbons (Fsp3) is 0.600. The van der Waals surface area contributed by atoms with Crippen LogP contribution in [0.15, 0.2) is 24.3 Å². The highest BCUT2D eigenvalue weighted by Crippen LogP contribution is 2.20. The molecule has 0 aliphatic carbocycles. The smallest absolute Gasteiger partial charge is 0.215 e. The summed E-state index contributed by atoms with van der Waals surface area (Å²) in [5, 5.41) is -0.320. The number of hydrogen-bond acceptors (Lipinski definition) is 3. The van der Waals surface area contributed by atoms with E-state index < -0.39 is 10.0 Å². The number of rotatable bonds is 6. The van der Waals surface area contributed by atoms with E-state index in [0.29, 0.717) is 19.0 Å². The van der Waals surface area contributed by atoms with Gasteiger partial charge >= 0.3 is 0 Å². The van der Waals surface area contributed by atoms with Crippen molar-refractivity contribution in [2.24, 2.45) is 0 Å². The molecule has 1 fully saturated rings. The zero-order chi connectivity index (χ0) is 15.5. The van der Waals surface area contributed by atoms with E-state index in [0.717, 1.165) is 24.9 Å². The highest BCUT2D eigenvalue weighted by molar-refractivity contribution is 7.90. The van der Waals surface area contributed by atoms with Gasteiger partial charge in [-0.2, -0.15) is 0 Å². The van der Waals surface area contributed by atoms with Gasteiger partial charge in [-0.25, -0.2) is 17.5 Å². The molecule has 1 N–H and O–H groups in total. The van der Waals surface area contributed by atoms with Crippen molar-refractivity contribution in [1.29, 1.82) is 0 Å². The minimum Gasteiger partial charge on any atom is -0.299 e. The van der Waals surface area contributed by atoms with Crippen molar-refractivity contribution >= 4 is 10.0 Å². The molecule has 0 bridgehead atoms. The van der Waals surface area contributed by atoms with Crippen LogP contribution in [-0.2, 0) is 16.4 Å². The third-order valence-corrected chi connectivity index (χ3v) is 6.09. The van der Waals surface area contributed by atoms with Crippen LogP contribution in [0.4, 0.5) is 4.39 Å². The lowest BCUT2D eigenvalue weighted by Crippen LogP contribution is -2.37. The van der Waals surface area contributed by atoms with E-state index >= 15 is 0 Å². The van der Waals surface area contributed by atoms with Crippen LogP contribution in [0.2, 0.25) is 0 Å². The molecule has 4 nitrogen and oxygen atoms in total. The second-order valence-corrected chi connectivity index (χ2v) is 7.84. The predicted octanol–water partition coefficient (Wildman–Crippen LogP) is 1.77. The van der Waals surface area contributed by atoms with Crippen molar-refractivity contribution in [3.8, 4) is 0 Å². The monoisotopic (exact) mass is 314 g/mol. The SMILES string of the molecule is CNS(=O)(=O)[C@@H]1CCN([C@H](C)CCc2cccc(F)c2)C1. The van der Waals surface area contributed by atoms with Crippen molar-refractivity contribution in [3.05, 3.63) is 35.6 Å². The van der Waals surface area contributed by atoms with Crippen molar-refractivity contribution in [3.63, 3.8) is 0 Å².